The van der Waals surface area contributed by atoms with Crippen molar-refractivity contribution < 1.29 is 23.9 Å². The van der Waals surface area contributed by atoms with Gasteiger partial charge in [0, 0.05) is 17.1 Å². The smallest absolute Gasteiger partial charge is 0.336 e. The molecule has 0 unspecified atom stereocenters. The van der Waals surface area contributed by atoms with Crippen molar-refractivity contribution in [1.29, 1.82) is 0 Å². The lowest BCUT2D eigenvalue weighted by Gasteiger charge is -2.70. The van der Waals surface area contributed by atoms with Crippen LogP contribution in [0.1, 0.15) is 115 Å². The fourth-order valence-corrected chi connectivity index (χ4v) is 10.8. The van der Waals surface area contributed by atoms with Gasteiger partial charge in [0.15, 0.2) is 5.76 Å². The molecule has 0 N–H and O–H groups in total. The molecule has 1 aromatic carbocycles. The van der Waals surface area contributed by atoms with Gasteiger partial charge in [-0.15, -0.1) is 0 Å². The van der Waals surface area contributed by atoms with E-state index in [-0.39, 0.29) is 45.8 Å². The monoisotopic (exact) mass is 714 g/mol. The lowest BCUT2D eigenvalue weighted by atomic mass is 9.34. The molecule has 5 aliphatic rings. The number of hydrogen-bond donors (Lipinski definition) is 0. The van der Waals surface area contributed by atoms with Crippen LogP contribution in [0.2, 0.25) is 0 Å². The summed E-state index contributed by atoms with van der Waals surface area (Å²) in [6.45, 7) is 19.6. The van der Waals surface area contributed by atoms with E-state index in [1.165, 1.54) is 11.6 Å². The van der Waals surface area contributed by atoms with Gasteiger partial charge in [0.2, 0.25) is 5.78 Å². The van der Waals surface area contributed by atoms with E-state index >= 15 is 0 Å². The van der Waals surface area contributed by atoms with E-state index in [4.69, 9.17) is 9.47 Å². The van der Waals surface area contributed by atoms with E-state index in [9.17, 15) is 14.4 Å². The number of carbonyl (C=O) groups excluding carboxylic acids is 3. The fourth-order valence-electron chi connectivity index (χ4n) is 10.8. The molecule has 7 rings (SSSR count). The van der Waals surface area contributed by atoms with Crippen LogP contribution in [0.5, 0.6) is 0 Å². The Labute approximate surface area is 314 Å². The van der Waals surface area contributed by atoms with Crippen LogP contribution >= 0.6 is 0 Å². The molecule has 2 aromatic rings. The van der Waals surface area contributed by atoms with Crippen molar-refractivity contribution >= 4 is 23.8 Å². The van der Waals surface area contributed by atoms with E-state index in [1.54, 1.807) is 12.2 Å². The van der Waals surface area contributed by atoms with Gasteiger partial charge in [-0.2, -0.15) is 0 Å². The zero-order valence-corrected chi connectivity index (χ0v) is 32.9. The quantitative estimate of drug-likeness (QED) is 0.217. The molecule has 3 saturated carbocycles. The van der Waals surface area contributed by atoms with Gasteiger partial charge in [0.05, 0.1) is 28.2 Å². The number of esters is 2. The number of benzene rings is 1. The summed E-state index contributed by atoms with van der Waals surface area (Å²) in [6, 6.07) is 9.53. The van der Waals surface area contributed by atoms with Gasteiger partial charge >= 0.3 is 11.9 Å². The molecule has 278 valence electrons. The van der Waals surface area contributed by atoms with Gasteiger partial charge in [-0.05, 0) is 131 Å². The first-order valence-corrected chi connectivity index (χ1v) is 19.3. The Hall–Kier alpha value is -4.39. The molecule has 0 saturated heterocycles. The van der Waals surface area contributed by atoms with Gasteiger partial charge in [-0.1, -0.05) is 75.8 Å². The summed E-state index contributed by atoms with van der Waals surface area (Å²) >= 11 is 0. The van der Waals surface area contributed by atoms with Gasteiger partial charge in [0.1, 0.15) is 6.61 Å². The third kappa shape index (κ3) is 5.90. The first-order chi connectivity index (χ1) is 24.9. The van der Waals surface area contributed by atoms with E-state index in [0.717, 1.165) is 84.4 Å². The van der Waals surface area contributed by atoms with Crippen LogP contribution in [0.25, 0.3) is 6.08 Å². The minimum Gasteiger partial charge on any atom is -0.459 e. The average molecular weight is 715 g/mol. The minimum absolute atomic E-state index is 0.0648. The lowest BCUT2D eigenvalue weighted by Crippen LogP contribution is -2.62. The van der Waals surface area contributed by atoms with Crippen LogP contribution in [-0.2, 0) is 30.5 Å². The molecule has 0 amide bonds. The number of rotatable bonds is 6. The van der Waals surface area contributed by atoms with Crippen molar-refractivity contribution in [2.24, 2.45) is 33.0 Å². The number of allylic oxidation sites excluding steroid dienone is 7. The molecule has 53 heavy (non-hydrogen) atoms. The molecular formula is C46H54N2O5. The summed E-state index contributed by atoms with van der Waals surface area (Å²) < 4.78 is 11.8. The van der Waals surface area contributed by atoms with Gasteiger partial charge in [-0.25, -0.2) is 4.79 Å². The molecule has 0 bridgehead atoms. The Morgan fingerprint density at radius 2 is 1.55 bits per heavy atom. The molecule has 1 aromatic heterocycles. The van der Waals surface area contributed by atoms with Gasteiger partial charge in [-0.3, -0.25) is 19.6 Å². The summed E-state index contributed by atoms with van der Waals surface area (Å²) in [4.78, 5) is 49.9. The molecule has 0 aliphatic heterocycles. The maximum absolute atomic E-state index is 14.0. The number of aromatic nitrogens is 2. The largest absolute Gasteiger partial charge is 0.459 e. The van der Waals surface area contributed by atoms with E-state index < -0.39 is 11.4 Å². The van der Waals surface area contributed by atoms with Crippen molar-refractivity contribution in [2.45, 2.75) is 114 Å². The predicted molar refractivity (Wildman–Crippen MR) is 206 cm³/mol. The summed E-state index contributed by atoms with van der Waals surface area (Å²) in [5.41, 5.74) is 7.20. The number of ketones is 1. The highest BCUT2D eigenvalue weighted by Gasteiger charge is 2.67. The van der Waals surface area contributed by atoms with Crippen molar-refractivity contribution in [2.75, 3.05) is 0 Å². The van der Waals surface area contributed by atoms with Crippen molar-refractivity contribution in [3.8, 4) is 0 Å². The Kier molecular flexibility index (Phi) is 8.98. The van der Waals surface area contributed by atoms with Crippen LogP contribution in [0.3, 0.4) is 0 Å². The van der Waals surface area contributed by atoms with Crippen molar-refractivity contribution in [3.05, 3.63) is 111 Å². The molecule has 7 heteroatoms. The minimum atomic E-state index is -0.592. The normalized spacial score (nSPS) is 33.5. The standard InChI is InChI=1S/C46H54N2O5/c1-28-33-16-17-37-44(7,34(33)25-36(49)40(28)53-39(50)18-15-32-13-11-10-12-14-32)22-24-46(9)38-26-43(6,20-19-42(38,5)21-23-45(37,46)8)41(51)52-27-35-31(4)47-29(2)30(3)48-35/h10-18,25,38H,19-24,26-27H2,1-9H3/b18-15+/t38-,42-,43-,44+,45-,46+/m1/s1. The molecule has 7 nitrogen and oxygen atoms in total. The van der Waals surface area contributed by atoms with Gasteiger partial charge in [0.25, 0.3) is 0 Å². The third-order valence-corrected chi connectivity index (χ3v) is 14.7. The Balaban J connectivity index is 1.15. The van der Waals surface area contributed by atoms with Crippen molar-refractivity contribution in [1.82, 2.24) is 9.97 Å². The highest BCUT2D eigenvalue weighted by atomic mass is 16.5. The second-order valence-electron chi connectivity index (χ2n) is 17.8. The maximum atomic E-state index is 14.0. The van der Waals surface area contributed by atoms with Crippen LogP contribution in [0.4, 0.5) is 0 Å². The topological polar surface area (TPSA) is 95.5 Å². The SMILES string of the molecule is CC1=C(OC(=O)/C=C/c2ccccc2)C(=O)C=C2C1=CC=C1[C@@]2(C)CC[C@@]2(C)[C@@H]3C[C@](C)(C(=O)OCc4nc(C)c(C)nc4C)CC[C@]3(C)CC[C@]12C. The maximum Gasteiger partial charge on any atom is 0.336 e. The average Bonchev–Trinajstić information content (AvgIpc) is 3.12. The van der Waals surface area contributed by atoms with Gasteiger partial charge < -0.3 is 9.47 Å². The molecule has 3 fully saturated rings. The van der Waals surface area contributed by atoms with E-state index in [2.05, 4.69) is 56.7 Å². The van der Waals surface area contributed by atoms with Crippen LogP contribution < -0.4 is 0 Å². The van der Waals surface area contributed by atoms with Crippen LogP contribution in [-0.4, -0.2) is 27.7 Å². The zero-order valence-electron chi connectivity index (χ0n) is 32.9. The number of fused-ring (bicyclic) bond motifs is 7. The first-order valence-electron chi connectivity index (χ1n) is 19.3. The number of nitrogens with zero attached hydrogens (tertiary/aromatic N) is 2. The summed E-state index contributed by atoms with van der Waals surface area (Å²) in [6.07, 6.45) is 15.8. The van der Waals surface area contributed by atoms with Crippen LogP contribution in [0.15, 0.2) is 82.7 Å². The number of aryl methyl sites for hydroxylation is 3. The van der Waals surface area contributed by atoms with E-state index in [0.29, 0.717) is 11.5 Å². The third-order valence-electron chi connectivity index (χ3n) is 14.7. The summed E-state index contributed by atoms with van der Waals surface area (Å²) in [7, 11) is 0. The second kappa shape index (κ2) is 12.9. The lowest BCUT2D eigenvalue weighted by molar-refractivity contribution is -0.183. The number of hydrogen-bond acceptors (Lipinski definition) is 7. The summed E-state index contributed by atoms with van der Waals surface area (Å²) in [5.74, 6) is -0.568. The molecule has 5 aliphatic carbocycles. The molecule has 6 atom stereocenters. The molecule has 0 spiro atoms. The van der Waals surface area contributed by atoms with E-state index in [1.807, 2.05) is 58.0 Å². The first kappa shape index (κ1) is 36.9. The Morgan fingerprint density at radius 1 is 0.849 bits per heavy atom. The van der Waals surface area contributed by atoms with Crippen LogP contribution in [0, 0.1) is 53.8 Å². The molecule has 0 radical (unpaired) electrons. The predicted octanol–water partition coefficient (Wildman–Crippen LogP) is 9.77. The number of carbonyl (C=O) groups is 3. The molecule has 1 heterocycles. The second-order valence-corrected chi connectivity index (χ2v) is 17.8. The highest BCUT2D eigenvalue weighted by Crippen LogP contribution is 2.75. The fraction of sp³-hybridized carbons (Fsp3) is 0.500. The Bertz CT molecular complexity index is 2070. The summed E-state index contributed by atoms with van der Waals surface area (Å²) in [5, 5.41) is 0. The number of ether oxygens (including phenoxy) is 2. The highest BCUT2D eigenvalue weighted by molar-refractivity contribution is 6.08. The Morgan fingerprint density at radius 3 is 2.28 bits per heavy atom. The zero-order chi connectivity index (χ0) is 38.1. The van der Waals surface area contributed by atoms with Crippen molar-refractivity contribution in [3.63, 3.8) is 0 Å². The molecular weight excluding hydrogens is 661 g/mol.